The Morgan fingerprint density at radius 2 is 1.79 bits per heavy atom. The van der Waals surface area contributed by atoms with Crippen LogP contribution >= 0.6 is 11.6 Å². The van der Waals surface area contributed by atoms with Crippen LogP contribution in [0.15, 0.2) is 59.1 Å². The number of nitrogens with zero attached hydrogens (tertiary/aromatic N) is 1. The van der Waals surface area contributed by atoms with Crippen LogP contribution in [-0.2, 0) is 21.3 Å². The van der Waals surface area contributed by atoms with Gasteiger partial charge in [-0.1, -0.05) is 35.9 Å². The molecule has 0 aliphatic carbocycles. The highest BCUT2D eigenvalue weighted by Crippen LogP contribution is 2.29. The molecule has 0 radical (unpaired) electrons. The van der Waals surface area contributed by atoms with E-state index in [2.05, 4.69) is 0 Å². The Morgan fingerprint density at radius 1 is 1.21 bits per heavy atom. The quantitative estimate of drug-likeness (QED) is 0.799. The Hall–Kier alpha value is -1.71. The Kier molecular flexibility index (Phi) is 5.79. The number of hydrogen-bond acceptors (Lipinski definition) is 4. The highest BCUT2D eigenvalue weighted by atomic mass is 35.5. The molecule has 2 N–H and O–H groups in total. The van der Waals surface area contributed by atoms with Crippen molar-refractivity contribution in [3.63, 3.8) is 0 Å². The molecule has 1 unspecified atom stereocenters. The molecule has 0 saturated heterocycles. The lowest BCUT2D eigenvalue weighted by Crippen LogP contribution is -2.26. The number of nitrogens with two attached hydrogens (primary N) is 1. The van der Waals surface area contributed by atoms with Crippen molar-refractivity contribution in [2.24, 2.45) is 5.14 Å². The number of sulfonamides is 1. The number of hydrogen-bond donors (Lipinski definition) is 1. The van der Waals surface area contributed by atoms with Crippen LogP contribution in [0.2, 0.25) is 5.02 Å². The topological polar surface area (TPSA) is 104 Å². The van der Waals surface area contributed by atoms with Crippen molar-refractivity contribution in [3.8, 4) is 0 Å². The number of primary sulfonamides is 1. The van der Waals surface area contributed by atoms with Gasteiger partial charge in [-0.05, 0) is 42.8 Å². The third-order valence-electron chi connectivity index (χ3n) is 3.11. The molecule has 2 aromatic carbocycles. The van der Waals surface area contributed by atoms with E-state index in [1.54, 1.807) is 37.3 Å². The predicted molar refractivity (Wildman–Crippen MR) is 94.3 cm³/mol. The van der Waals surface area contributed by atoms with Crippen molar-refractivity contribution >= 4 is 44.7 Å². The number of allylic oxidation sites excluding steroid dienone is 1. The fraction of sp³-hybridized carbons (Fsp3) is 0.0667. The zero-order valence-corrected chi connectivity index (χ0v) is 14.9. The van der Waals surface area contributed by atoms with E-state index in [0.717, 1.165) is 4.31 Å². The van der Waals surface area contributed by atoms with Crippen molar-refractivity contribution in [1.29, 1.82) is 0 Å². The number of rotatable bonds is 5. The van der Waals surface area contributed by atoms with E-state index in [9.17, 15) is 17.2 Å². The third-order valence-corrected chi connectivity index (χ3v) is 5.10. The van der Waals surface area contributed by atoms with Gasteiger partial charge in [0.2, 0.25) is 10.0 Å². The lowest BCUT2D eigenvalue weighted by molar-refractivity contribution is 0.535. The van der Waals surface area contributed by atoms with Gasteiger partial charge in [-0.2, -0.15) is 0 Å². The molecule has 0 fully saturated rings. The summed E-state index contributed by atoms with van der Waals surface area (Å²) in [7, 11) is -4.08. The second-order valence-electron chi connectivity index (χ2n) is 4.86. The van der Waals surface area contributed by atoms with Crippen LogP contribution in [0, 0.1) is 0 Å². The van der Waals surface area contributed by atoms with Crippen LogP contribution in [-0.4, -0.2) is 17.2 Å². The lowest BCUT2D eigenvalue weighted by atomic mass is 10.2. The summed E-state index contributed by atoms with van der Waals surface area (Å²) >= 11 is 3.08. The van der Waals surface area contributed by atoms with E-state index >= 15 is 0 Å². The minimum atomic E-state index is -4.08. The molecule has 0 heterocycles. The van der Waals surface area contributed by atoms with E-state index < -0.39 is 21.3 Å². The summed E-state index contributed by atoms with van der Waals surface area (Å²) in [6, 6.07) is 12.4. The minimum absolute atomic E-state index is 0.0453. The number of para-hydroxylation sites is 1. The zero-order valence-electron chi connectivity index (χ0n) is 12.5. The van der Waals surface area contributed by atoms with Gasteiger partial charge in [0, 0.05) is 10.7 Å². The molecule has 2 aromatic rings. The van der Waals surface area contributed by atoms with E-state index in [0.29, 0.717) is 16.3 Å². The van der Waals surface area contributed by atoms with Crippen LogP contribution in [0.25, 0.3) is 6.08 Å². The van der Waals surface area contributed by atoms with Gasteiger partial charge in [0.15, 0.2) is 0 Å². The molecule has 6 nitrogen and oxygen atoms in total. The minimum Gasteiger partial charge on any atom is -0.755 e. The summed E-state index contributed by atoms with van der Waals surface area (Å²) in [6.45, 7) is 1.55. The molecular weight excluding hydrogens is 372 g/mol. The summed E-state index contributed by atoms with van der Waals surface area (Å²) in [5.74, 6) is 0. The molecule has 2 rings (SSSR count). The van der Waals surface area contributed by atoms with Crippen molar-refractivity contribution in [3.05, 3.63) is 64.8 Å². The maximum atomic E-state index is 11.7. The standard InChI is InChI=1S/C15H15ClN2O4S2/c1-11(10-12-6-8-13(16)9-7-12)18(23(19)20)14-4-2-3-5-15(14)24(17,21)22/h2-10H,1H3,(H,19,20)(H2,17,21,22)/p-1/b11-10-. The summed E-state index contributed by atoms with van der Waals surface area (Å²) < 4.78 is 47.7. The van der Waals surface area contributed by atoms with Crippen LogP contribution in [0.3, 0.4) is 0 Å². The highest BCUT2D eigenvalue weighted by Gasteiger charge is 2.20. The molecule has 0 aliphatic heterocycles. The average Bonchev–Trinajstić information content (AvgIpc) is 2.49. The normalized spacial score (nSPS) is 13.6. The van der Waals surface area contributed by atoms with Crippen molar-refractivity contribution in [2.75, 3.05) is 4.31 Å². The fourth-order valence-electron chi connectivity index (χ4n) is 2.11. The lowest BCUT2D eigenvalue weighted by Gasteiger charge is -2.28. The summed E-state index contributed by atoms with van der Waals surface area (Å²) in [5, 5.41) is 5.72. The van der Waals surface area contributed by atoms with Crippen LogP contribution in [0.4, 0.5) is 5.69 Å². The molecule has 128 valence electrons. The second-order valence-corrected chi connectivity index (χ2v) is 7.63. The average molecular weight is 386 g/mol. The Labute approximate surface area is 148 Å². The van der Waals surface area contributed by atoms with Gasteiger partial charge < -0.3 is 4.55 Å². The molecule has 24 heavy (non-hydrogen) atoms. The number of anilines is 1. The Morgan fingerprint density at radius 3 is 2.33 bits per heavy atom. The van der Waals surface area contributed by atoms with Gasteiger partial charge >= 0.3 is 0 Å². The van der Waals surface area contributed by atoms with Crippen LogP contribution < -0.4 is 9.44 Å². The molecule has 0 spiro atoms. The van der Waals surface area contributed by atoms with E-state index in [-0.39, 0.29) is 10.6 Å². The van der Waals surface area contributed by atoms with E-state index in [4.69, 9.17) is 16.7 Å². The first-order valence-electron chi connectivity index (χ1n) is 6.65. The molecule has 0 aliphatic rings. The number of benzene rings is 2. The first kappa shape index (κ1) is 18.6. The van der Waals surface area contributed by atoms with E-state index in [1.807, 2.05) is 0 Å². The highest BCUT2D eigenvalue weighted by molar-refractivity contribution is 7.89. The molecule has 0 amide bonds. The van der Waals surface area contributed by atoms with Crippen molar-refractivity contribution in [1.82, 2.24) is 0 Å². The maximum Gasteiger partial charge on any atom is 0.240 e. The smallest absolute Gasteiger partial charge is 0.240 e. The first-order valence-corrected chi connectivity index (χ1v) is 9.61. The molecular formula is C15H14ClN2O4S2-. The summed E-state index contributed by atoms with van der Waals surface area (Å²) in [5.41, 5.74) is 0.957. The molecule has 0 saturated carbocycles. The molecule has 0 bridgehead atoms. The first-order chi connectivity index (χ1) is 11.2. The monoisotopic (exact) mass is 385 g/mol. The van der Waals surface area contributed by atoms with Gasteiger partial charge in [0.25, 0.3) is 0 Å². The Bertz CT molecular complexity index is 896. The molecule has 9 heteroatoms. The van der Waals surface area contributed by atoms with Crippen molar-refractivity contribution in [2.45, 2.75) is 11.8 Å². The van der Waals surface area contributed by atoms with Gasteiger partial charge in [-0.15, -0.1) is 0 Å². The summed E-state index contributed by atoms with van der Waals surface area (Å²) in [4.78, 5) is -0.280. The molecule has 0 aromatic heterocycles. The third kappa shape index (κ3) is 4.43. The SMILES string of the molecule is C/C(=C/c1ccc(Cl)cc1)N(c1ccccc1S(N)(=O)=O)S(=O)[O-]. The largest absolute Gasteiger partial charge is 0.755 e. The van der Waals surface area contributed by atoms with Crippen LogP contribution in [0.1, 0.15) is 12.5 Å². The number of halogens is 1. The van der Waals surface area contributed by atoms with E-state index in [1.165, 1.54) is 24.3 Å². The Balaban J connectivity index is 2.55. The summed E-state index contributed by atoms with van der Waals surface area (Å²) in [6.07, 6.45) is 1.59. The van der Waals surface area contributed by atoms with Gasteiger partial charge in [0.1, 0.15) is 4.90 Å². The molecule has 1 atom stereocenters. The maximum absolute atomic E-state index is 11.7. The van der Waals surface area contributed by atoms with Crippen LogP contribution in [0.5, 0.6) is 0 Å². The zero-order chi connectivity index (χ0) is 17.9. The van der Waals surface area contributed by atoms with Crippen molar-refractivity contribution < 1.29 is 17.2 Å². The van der Waals surface area contributed by atoms with Gasteiger partial charge in [-0.3, -0.25) is 8.51 Å². The second kappa shape index (κ2) is 7.45. The van der Waals surface area contributed by atoms with Gasteiger partial charge in [-0.25, -0.2) is 13.6 Å². The van der Waals surface area contributed by atoms with Gasteiger partial charge in [0.05, 0.1) is 17.0 Å². The fourth-order valence-corrected chi connectivity index (χ4v) is 3.62. The predicted octanol–water partition coefficient (Wildman–Crippen LogP) is 2.65.